The van der Waals surface area contributed by atoms with Crippen LogP contribution < -0.4 is 0 Å². The summed E-state index contributed by atoms with van der Waals surface area (Å²) in [6.07, 6.45) is 3.21. The molecule has 1 fully saturated rings. The maximum Gasteiger partial charge on any atom is 0.310 e. The van der Waals surface area contributed by atoms with E-state index in [9.17, 15) is 20.1 Å². The molecule has 1 unspecified atom stereocenters. The van der Waals surface area contributed by atoms with Crippen molar-refractivity contribution < 1.29 is 20.1 Å². The Hall–Kier alpha value is -1.55. The first kappa shape index (κ1) is 17.3. The van der Waals surface area contributed by atoms with Crippen LogP contribution in [0.25, 0.3) is 0 Å². The third-order valence-corrected chi connectivity index (χ3v) is 6.87. The van der Waals surface area contributed by atoms with Crippen LogP contribution >= 0.6 is 0 Å². The summed E-state index contributed by atoms with van der Waals surface area (Å²) in [5.41, 5.74) is 2.55. The maximum absolute atomic E-state index is 11.3. The van der Waals surface area contributed by atoms with Gasteiger partial charge in [0.1, 0.15) is 5.75 Å². The van der Waals surface area contributed by atoms with Gasteiger partial charge in [-0.3, -0.25) is 4.79 Å². The number of carboxylic acid groups (broad SMARTS) is 1. The molecule has 0 amide bonds. The van der Waals surface area contributed by atoms with E-state index in [0.717, 1.165) is 36.8 Å². The van der Waals surface area contributed by atoms with E-state index in [-0.39, 0.29) is 22.7 Å². The molecule has 0 spiro atoms. The van der Waals surface area contributed by atoms with E-state index >= 15 is 0 Å². The third kappa shape index (κ3) is 2.34. The lowest BCUT2D eigenvalue weighted by molar-refractivity contribution is -0.138. The van der Waals surface area contributed by atoms with E-state index < -0.39 is 11.9 Å². The van der Waals surface area contributed by atoms with Crippen LogP contribution in [0.1, 0.15) is 69.6 Å². The third-order valence-electron chi connectivity index (χ3n) is 6.87. The summed E-state index contributed by atoms with van der Waals surface area (Å²) in [6, 6.07) is 3.69. The fourth-order valence-corrected chi connectivity index (χ4v) is 5.22. The molecule has 1 aromatic carbocycles. The van der Waals surface area contributed by atoms with Gasteiger partial charge in [0.2, 0.25) is 0 Å². The first-order valence-corrected chi connectivity index (χ1v) is 8.86. The second kappa shape index (κ2) is 5.48. The zero-order valence-electron chi connectivity index (χ0n) is 15.0. The number of hydrogen-bond donors (Lipinski definition) is 3. The molecule has 132 valence electrons. The van der Waals surface area contributed by atoms with Crippen molar-refractivity contribution in [3.05, 3.63) is 28.8 Å². The van der Waals surface area contributed by atoms with Crippen LogP contribution in [-0.4, -0.2) is 27.4 Å². The number of phenols is 1. The zero-order chi connectivity index (χ0) is 17.9. The molecule has 0 aromatic heterocycles. The summed E-state index contributed by atoms with van der Waals surface area (Å²) < 4.78 is 0. The minimum atomic E-state index is -0.924. The van der Waals surface area contributed by atoms with Gasteiger partial charge in [0, 0.05) is 5.56 Å². The molecule has 4 heteroatoms. The molecular weight excluding hydrogens is 304 g/mol. The first-order valence-electron chi connectivity index (χ1n) is 8.86. The molecule has 0 bridgehead atoms. The van der Waals surface area contributed by atoms with Crippen molar-refractivity contribution in [2.45, 2.75) is 70.8 Å². The monoisotopic (exact) mass is 332 g/mol. The largest absolute Gasteiger partial charge is 0.508 e. The number of rotatable bonds is 2. The summed E-state index contributed by atoms with van der Waals surface area (Å²) in [6.45, 7) is 8.14. The highest BCUT2D eigenvalue weighted by atomic mass is 16.4. The van der Waals surface area contributed by atoms with Gasteiger partial charge in [-0.15, -0.1) is 0 Å². The summed E-state index contributed by atoms with van der Waals surface area (Å²) in [7, 11) is 0. The van der Waals surface area contributed by atoms with Gasteiger partial charge in [0.05, 0.1) is 12.0 Å². The van der Waals surface area contributed by atoms with E-state index in [4.69, 9.17) is 0 Å². The molecule has 2 aliphatic rings. The van der Waals surface area contributed by atoms with Crippen molar-refractivity contribution in [3.63, 3.8) is 0 Å². The van der Waals surface area contributed by atoms with Crippen LogP contribution in [0.5, 0.6) is 5.75 Å². The SMILES string of the molecule is CC(C(=O)O)c1cc2c(cc1O)[C@]1(C)CC[C@H](O)C(C)(C)[C@H]1CC2. The van der Waals surface area contributed by atoms with Crippen LogP contribution in [0, 0.1) is 11.3 Å². The second-order valence-electron chi connectivity index (χ2n) is 8.51. The number of benzene rings is 1. The molecule has 1 saturated carbocycles. The number of aryl methyl sites for hydroxylation is 1. The van der Waals surface area contributed by atoms with Crippen molar-refractivity contribution in [1.82, 2.24) is 0 Å². The highest BCUT2D eigenvalue weighted by Gasteiger charge is 2.53. The average Bonchev–Trinajstić information content (AvgIpc) is 2.51. The van der Waals surface area contributed by atoms with Crippen molar-refractivity contribution in [1.29, 1.82) is 0 Å². The fraction of sp³-hybridized carbons (Fsp3) is 0.650. The Labute approximate surface area is 143 Å². The standard InChI is InChI=1S/C20H28O4/c1-11(18(23)24)13-9-12-5-6-16-19(2,3)17(22)7-8-20(16,4)14(12)10-15(13)21/h9-11,16-17,21-22H,5-8H2,1-4H3,(H,23,24)/t11?,16-,17+,20+/m1/s1. The number of carbonyl (C=O) groups is 1. The molecule has 1 aromatic rings. The van der Waals surface area contributed by atoms with Gasteiger partial charge in [-0.05, 0) is 66.5 Å². The molecule has 0 saturated heterocycles. The van der Waals surface area contributed by atoms with Gasteiger partial charge in [-0.1, -0.05) is 26.8 Å². The number of carboxylic acids is 1. The van der Waals surface area contributed by atoms with Crippen molar-refractivity contribution in [2.24, 2.45) is 11.3 Å². The number of fused-ring (bicyclic) bond motifs is 3. The topological polar surface area (TPSA) is 77.8 Å². The molecule has 3 rings (SSSR count). The number of aliphatic hydroxyl groups excluding tert-OH is 1. The molecule has 0 radical (unpaired) electrons. The van der Waals surface area contributed by atoms with Gasteiger partial charge in [0.25, 0.3) is 0 Å². The van der Waals surface area contributed by atoms with Crippen LogP contribution in [0.3, 0.4) is 0 Å². The number of aliphatic carboxylic acids is 1. The number of hydrogen-bond acceptors (Lipinski definition) is 3. The normalized spacial score (nSPS) is 32.5. The summed E-state index contributed by atoms with van der Waals surface area (Å²) in [5, 5.41) is 30.2. The van der Waals surface area contributed by atoms with E-state index in [1.165, 1.54) is 0 Å². The number of aromatic hydroxyl groups is 1. The predicted molar refractivity (Wildman–Crippen MR) is 92.3 cm³/mol. The summed E-state index contributed by atoms with van der Waals surface area (Å²) in [5.74, 6) is -1.21. The molecule has 2 aliphatic carbocycles. The van der Waals surface area contributed by atoms with Crippen LogP contribution in [0.4, 0.5) is 0 Å². The quantitative estimate of drug-likeness (QED) is 0.773. The Kier molecular flexibility index (Phi) is 3.95. The zero-order valence-corrected chi connectivity index (χ0v) is 15.0. The lowest BCUT2D eigenvalue weighted by Crippen LogP contribution is -2.53. The van der Waals surface area contributed by atoms with Gasteiger partial charge >= 0.3 is 5.97 Å². The van der Waals surface area contributed by atoms with Crippen molar-refractivity contribution in [2.75, 3.05) is 0 Å². The minimum Gasteiger partial charge on any atom is -0.508 e. The van der Waals surface area contributed by atoms with Gasteiger partial charge in [0.15, 0.2) is 0 Å². The Balaban J connectivity index is 2.09. The summed E-state index contributed by atoms with van der Waals surface area (Å²) >= 11 is 0. The summed E-state index contributed by atoms with van der Waals surface area (Å²) in [4.78, 5) is 11.3. The molecule has 24 heavy (non-hydrogen) atoms. The maximum atomic E-state index is 11.3. The number of aliphatic hydroxyl groups is 1. The highest BCUT2D eigenvalue weighted by Crippen LogP contribution is 2.57. The number of phenolic OH excluding ortho intramolecular Hbond substituents is 1. The minimum absolute atomic E-state index is 0.0782. The Morgan fingerprint density at radius 3 is 2.54 bits per heavy atom. The van der Waals surface area contributed by atoms with Crippen LogP contribution in [0.2, 0.25) is 0 Å². The van der Waals surface area contributed by atoms with Crippen LogP contribution in [-0.2, 0) is 16.6 Å². The lowest BCUT2D eigenvalue weighted by Gasteiger charge is -2.56. The van der Waals surface area contributed by atoms with Crippen LogP contribution in [0.15, 0.2) is 12.1 Å². The average molecular weight is 332 g/mol. The highest BCUT2D eigenvalue weighted by molar-refractivity contribution is 5.77. The lowest BCUT2D eigenvalue weighted by atomic mass is 9.49. The molecule has 4 nitrogen and oxygen atoms in total. The molecule has 0 aliphatic heterocycles. The smallest absolute Gasteiger partial charge is 0.310 e. The van der Waals surface area contributed by atoms with Gasteiger partial charge in [-0.25, -0.2) is 0 Å². The second-order valence-corrected chi connectivity index (χ2v) is 8.51. The van der Waals surface area contributed by atoms with E-state index in [0.29, 0.717) is 11.5 Å². The molecule has 4 atom stereocenters. The Morgan fingerprint density at radius 2 is 1.92 bits per heavy atom. The first-order chi connectivity index (χ1) is 11.1. The Bertz CT molecular complexity index is 678. The van der Waals surface area contributed by atoms with E-state index in [1.807, 2.05) is 6.07 Å². The fourth-order valence-electron chi connectivity index (χ4n) is 5.22. The Morgan fingerprint density at radius 1 is 1.25 bits per heavy atom. The molecule has 3 N–H and O–H groups in total. The predicted octanol–water partition coefficient (Wildman–Crippen LogP) is 3.58. The van der Waals surface area contributed by atoms with Crippen molar-refractivity contribution in [3.8, 4) is 5.75 Å². The van der Waals surface area contributed by atoms with E-state index in [1.54, 1.807) is 13.0 Å². The van der Waals surface area contributed by atoms with Crippen molar-refractivity contribution >= 4 is 5.97 Å². The molecular formula is C20H28O4. The van der Waals surface area contributed by atoms with Gasteiger partial charge < -0.3 is 15.3 Å². The van der Waals surface area contributed by atoms with E-state index in [2.05, 4.69) is 20.8 Å². The van der Waals surface area contributed by atoms with Gasteiger partial charge in [-0.2, -0.15) is 0 Å². The molecule has 0 heterocycles.